The Kier molecular flexibility index (Phi) is 5.37. The molecule has 2 rings (SSSR count). The van der Waals surface area contributed by atoms with Crippen LogP contribution >= 0.6 is 0 Å². The van der Waals surface area contributed by atoms with Crippen molar-refractivity contribution in [1.29, 1.82) is 0 Å². The highest BCUT2D eigenvalue weighted by Gasteiger charge is 2.10. The van der Waals surface area contributed by atoms with Crippen molar-refractivity contribution in [2.24, 2.45) is 0 Å². The highest BCUT2D eigenvalue weighted by Crippen LogP contribution is 2.19. The van der Waals surface area contributed by atoms with E-state index in [0.717, 1.165) is 26.2 Å². The molecule has 0 amide bonds. The lowest BCUT2D eigenvalue weighted by atomic mass is 9.99. The molecule has 102 valence electrons. The fourth-order valence-electron chi connectivity index (χ4n) is 2.47. The minimum atomic E-state index is 0.385. The smallest absolute Gasteiger partial charge is 0.0622 e. The highest BCUT2D eigenvalue weighted by molar-refractivity contribution is 5.85. The average molecular weight is 257 g/mol. The van der Waals surface area contributed by atoms with Gasteiger partial charge >= 0.3 is 0 Å². The number of rotatable bonds is 7. The van der Waals surface area contributed by atoms with Gasteiger partial charge in [0, 0.05) is 12.6 Å². The molecule has 0 fully saturated rings. The summed E-state index contributed by atoms with van der Waals surface area (Å²) in [5, 5.41) is 6.17. The van der Waals surface area contributed by atoms with Crippen LogP contribution in [0.25, 0.3) is 10.8 Å². The lowest BCUT2D eigenvalue weighted by Gasteiger charge is -2.18. The normalized spacial score (nSPS) is 12.7. The van der Waals surface area contributed by atoms with Gasteiger partial charge in [0.05, 0.1) is 6.61 Å². The fourth-order valence-corrected chi connectivity index (χ4v) is 2.47. The Morgan fingerprint density at radius 1 is 1.05 bits per heavy atom. The molecule has 0 radical (unpaired) electrons. The maximum absolute atomic E-state index is 5.57. The van der Waals surface area contributed by atoms with Crippen LogP contribution in [-0.2, 0) is 11.2 Å². The van der Waals surface area contributed by atoms with Gasteiger partial charge in [0.1, 0.15) is 0 Å². The van der Waals surface area contributed by atoms with Gasteiger partial charge in [-0.25, -0.2) is 0 Å². The van der Waals surface area contributed by atoms with Crippen LogP contribution in [0.2, 0.25) is 0 Å². The van der Waals surface area contributed by atoms with Crippen LogP contribution in [0.4, 0.5) is 0 Å². The Morgan fingerprint density at radius 2 is 1.84 bits per heavy atom. The monoisotopic (exact) mass is 257 g/mol. The standard InChI is InChI=1S/C17H23NO/c1-3-18-16(13-19-4-2)12-15-10-7-9-14-8-5-6-11-17(14)15/h5-11,16,18H,3-4,12-13H2,1-2H3. The van der Waals surface area contributed by atoms with E-state index in [0.29, 0.717) is 6.04 Å². The van der Waals surface area contributed by atoms with E-state index < -0.39 is 0 Å². The van der Waals surface area contributed by atoms with E-state index in [1.165, 1.54) is 16.3 Å². The summed E-state index contributed by atoms with van der Waals surface area (Å²) in [5.41, 5.74) is 1.39. The SMILES string of the molecule is CCNC(COCC)Cc1cccc2ccccc12. The van der Waals surface area contributed by atoms with Gasteiger partial charge in [0.15, 0.2) is 0 Å². The van der Waals surface area contributed by atoms with Crippen molar-refractivity contribution in [3.05, 3.63) is 48.0 Å². The molecule has 0 saturated heterocycles. The lowest BCUT2D eigenvalue weighted by Crippen LogP contribution is -2.35. The molecule has 0 spiro atoms. The third-order valence-corrected chi connectivity index (χ3v) is 3.36. The van der Waals surface area contributed by atoms with E-state index >= 15 is 0 Å². The lowest BCUT2D eigenvalue weighted by molar-refractivity contribution is 0.123. The van der Waals surface area contributed by atoms with E-state index in [4.69, 9.17) is 4.74 Å². The van der Waals surface area contributed by atoms with Gasteiger partial charge in [-0.15, -0.1) is 0 Å². The number of nitrogens with one attached hydrogen (secondary N) is 1. The summed E-state index contributed by atoms with van der Waals surface area (Å²) in [6, 6.07) is 15.5. The summed E-state index contributed by atoms with van der Waals surface area (Å²) in [5.74, 6) is 0. The molecule has 0 saturated carbocycles. The predicted molar refractivity (Wildman–Crippen MR) is 81.6 cm³/mol. The number of benzene rings is 2. The van der Waals surface area contributed by atoms with Crippen LogP contribution in [0.5, 0.6) is 0 Å². The van der Waals surface area contributed by atoms with Gasteiger partial charge in [-0.05, 0) is 36.2 Å². The summed E-state index contributed by atoms with van der Waals surface area (Å²) in [7, 11) is 0. The molecule has 2 aromatic carbocycles. The molecule has 1 N–H and O–H groups in total. The second-order valence-corrected chi connectivity index (χ2v) is 4.76. The van der Waals surface area contributed by atoms with Crippen molar-refractivity contribution in [1.82, 2.24) is 5.32 Å². The Labute approximate surface area is 115 Å². The third kappa shape index (κ3) is 3.79. The van der Waals surface area contributed by atoms with E-state index in [1.54, 1.807) is 0 Å². The summed E-state index contributed by atoms with van der Waals surface area (Å²) in [6.07, 6.45) is 1.01. The molecule has 19 heavy (non-hydrogen) atoms. The third-order valence-electron chi connectivity index (χ3n) is 3.36. The molecular formula is C17H23NO. The average Bonchev–Trinajstić information content (AvgIpc) is 2.45. The molecule has 0 aliphatic rings. The molecule has 2 aromatic rings. The van der Waals surface area contributed by atoms with Crippen molar-refractivity contribution in [2.45, 2.75) is 26.3 Å². The van der Waals surface area contributed by atoms with Gasteiger partial charge < -0.3 is 10.1 Å². The maximum Gasteiger partial charge on any atom is 0.0622 e. The Balaban J connectivity index is 2.18. The molecule has 0 bridgehead atoms. The number of likely N-dealkylation sites (N-methyl/N-ethyl adjacent to an activating group) is 1. The van der Waals surface area contributed by atoms with Crippen molar-refractivity contribution < 1.29 is 4.74 Å². The van der Waals surface area contributed by atoms with E-state index in [9.17, 15) is 0 Å². The summed E-state index contributed by atoms with van der Waals surface area (Å²) in [4.78, 5) is 0. The number of hydrogen-bond donors (Lipinski definition) is 1. The van der Waals surface area contributed by atoms with Gasteiger partial charge in [-0.1, -0.05) is 49.4 Å². The largest absolute Gasteiger partial charge is 0.380 e. The Bertz CT molecular complexity index is 504. The molecule has 2 heteroatoms. The molecule has 0 aromatic heterocycles. The van der Waals surface area contributed by atoms with Crippen LogP contribution in [-0.4, -0.2) is 25.8 Å². The van der Waals surface area contributed by atoms with Crippen molar-refractivity contribution in [2.75, 3.05) is 19.8 Å². The fraction of sp³-hybridized carbons (Fsp3) is 0.412. The molecule has 2 nitrogen and oxygen atoms in total. The summed E-state index contributed by atoms with van der Waals surface area (Å²) in [6.45, 7) is 6.70. The maximum atomic E-state index is 5.57. The Morgan fingerprint density at radius 3 is 2.63 bits per heavy atom. The van der Waals surface area contributed by atoms with Crippen LogP contribution < -0.4 is 5.32 Å². The zero-order valence-corrected chi connectivity index (χ0v) is 11.9. The number of ether oxygens (including phenoxy) is 1. The second-order valence-electron chi connectivity index (χ2n) is 4.76. The van der Waals surface area contributed by atoms with Gasteiger partial charge in [0.2, 0.25) is 0 Å². The molecular weight excluding hydrogens is 234 g/mol. The first kappa shape index (κ1) is 14.0. The van der Waals surface area contributed by atoms with E-state index in [1.807, 2.05) is 6.92 Å². The van der Waals surface area contributed by atoms with E-state index in [2.05, 4.69) is 54.7 Å². The van der Waals surface area contributed by atoms with Crippen LogP contribution in [0.3, 0.4) is 0 Å². The minimum absolute atomic E-state index is 0.385. The molecule has 0 aliphatic carbocycles. The van der Waals surface area contributed by atoms with Gasteiger partial charge in [-0.2, -0.15) is 0 Å². The van der Waals surface area contributed by atoms with Crippen LogP contribution in [0, 0.1) is 0 Å². The zero-order valence-electron chi connectivity index (χ0n) is 11.9. The first-order chi connectivity index (χ1) is 9.35. The highest BCUT2D eigenvalue weighted by atomic mass is 16.5. The Hall–Kier alpha value is -1.38. The minimum Gasteiger partial charge on any atom is -0.380 e. The topological polar surface area (TPSA) is 21.3 Å². The number of fused-ring (bicyclic) bond motifs is 1. The predicted octanol–water partition coefficient (Wildman–Crippen LogP) is 3.40. The summed E-state index contributed by atoms with van der Waals surface area (Å²) < 4.78 is 5.57. The first-order valence-corrected chi connectivity index (χ1v) is 7.13. The quantitative estimate of drug-likeness (QED) is 0.821. The van der Waals surface area contributed by atoms with Crippen LogP contribution in [0.1, 0.15) is 19.4 Å². The zero-order chi connectivity index (χ0) is 13.5. The molecule has 1 unspecified atom stereocenters. The second kappa shape index (κ2) is 7.27. The van der Waals surface area contributed by atoms with Gasteiger partial charge in [0.25, 0.3) is 0 Å². The molecule has 0 heterocycles. The van der Waals surface area contributed by atoms with E-state index in [-0.39, 0.29) is 0 Å². The van der Waals surface area contributed by atoms with Gasteiger partial charge in [-0.3, -0.25) is 0 Å². The number of hydrogen-bond acceptors (Lipinski definition) is 2. The van der Waals surface area contributed by atoms with Crippen molar-refractivity contribution in [3.63, 3.8) is 0 Å². The van der Waals surface area contributed by atoms with Crippen LogP contribution in [0.15, 0.2) is 42.5 Å². The summed E-state index contributed by atoms with van der Waals surface area (Å²) >= 11 is 0. The van der Waals surface area contributed by atoms with Crippen molar-refractivity contribution >= 4 is 10.8 Å². The molecule has 0 aliphatic heterocycles. The first-order valence-electron chi connectivity index (χ1n) is 7.13. The van der Waals surface area contributed by atoms with Crippen molar-refractivity contribution in [3.8, 4) is 0 Å². The molecule has 1 atom stereocenters.